The normalized spacial score (nSPS) is 12.2. The van der Waals surface area contributed by atoms with Crippen LogP contribution in [0.5, 0.6) is 11.5 Å². The standard InChI is InChI=1S/C20H27NO2/c1-15(2)14-23-19-11-7-10-17(20(19)22-3)12-18(13-21)16-8-5-4-6-9-16/h4-11,15,18H,12-14,21H2,1-3H3. The van der Waals surface area contributed by atoms with Gasteiger partial charge in [-0.2, -0.15) is 0 Å². The van der Waals surface area contributed by atoms with Crippen molar-refractivity contribution >= 4 is 0 Å². The van der Waals surface area contributed by atoms with Crippen molar-refractivity contribution in [3.05, 3.63) is 59.7 Å². The maximum atomic E-state index is 6.01. The highest BCUT2D eigenvalue weighted by Gasteiger charge is 2.16. The summed E-state index contributed by atoms with van der Waals surface area (Å²) in [6, 6.07) is 16.5. The Morgan fingerprint density at radius 1 is 1.00 bits per heavy atom. The lowest BCUT2D eigenvalue weighted by Crippen LogP contribution is -2.15. The molecule has 0 amide bonds. The summed E-state index contributed by atoms with van der Waals surface area (Å²) in [6.45, 7) is 5.55. The Balaban J connectivity index is 2.22. The van der Waals surface area contributed by atoms with E-state index in [1.54, 1.807) is 7.11 Å². The second kappa shape index (κ2) is 8.59. The molecular weight excluding hydrogens is 286 g/mol. The predicted molar refractivity (Wildman–Crippen MR) is 95.3 cm³/mol. The second-order valence-electron chi connectivity index (χ2n) is 6.20. The van der Waals surface area contributed by atoms with Crippen molar-refractivity contribution in [3.8, 4) is 11.5 Å². The highest BCUT2D eigenvalue weighted by Crippen LogP contribution is 2.34. The van der Waals surface area contributed by atoms with E-state index < -0.39 is 0 Å². The molecule has 0 saturated heterocycles. The van der Waals surface area contributed by atoms with Gasteiger partial charge in [0.05, 0.1) is 13.7 Å². The molecule has 1 atom stereocenters. The van der Waals surface area contributed by atoms with Crippen LogP contribution in [0.1, 0.15) is 30.9 Å². The van der Waals surface area contributed by atoms with Gasteiger partial charge in [-0.15, -0.1) is 0 Å². The number of para-hydroxylation sites is 1. The Morgan fingerprint density at radius 3 is 2.35 bits per heavy atom. The van der Waals surface area contributed by atoms with Crippen LogP contribution in [0.4, 0.5) is 0 Å². The van der Waals surface area contributed by atoms with Gasteiger partial charge < -0.3 is 15.2 Å². The van der Waals surface area contributed by atoms with Crippen molar-refractivity contribution in [3.63, 3.8) is 0 Å². The lowest BCUT2D eigenvalue weighted by atomic mass is 9.91. The SMILES string of the molecule is COc1c(CC(CN)c2ccccc2)cccc1OCC(C)C. The molecule has 2 aromatic carbocycles. The molecule has 1 unspecified atom stereocenters. The van der Waals surface area contributed by atoms with Crippen LogP contribution in [0.25, 0.3) is 0 Å². The smallest absolute Gasteiger partial charge is 0.163 e. The van der Waals surface area contributed by atoms with Gasteiger partial charge >= 0.3 is 0 Å². The number of nitrogens with two attached hydrogens (primary N) is 1. The molecule has 0 saturated carbocycles. The van der Waals surface area contributed by atoms with E-state index in [4.69, 9.17) is 15.2 Å². The zero-order chi connectivity index (χ0) is 16.7. The van der Waals surface area contributed by atoms with Crippen molar-refractivity contribution < 1.29 is 9.47 Å². The summed E-state index contributed by atoms with van der Waals surface area (Å²) in [6.07, 6.45) is 0.836. The van der Waals surface area contributed by atoms with Crippen LogP contribution in [0.2, 0.25) is 0 Å². The average molecular weight is 313 g/mol. The number of hydrogen-bond acceptors (Lipinski definition) is 3. The van der Waals surface area contributed by atoms with Crippen LogP contribution in [-0.2, 0) is 6.42 Å². The summed E-state index contributed by atoms with van der Waals surface area (Å²) < 4.78 is 11.5. The van der Waals surface area contributed by atoms with Gasteiger partial charge in [-0.3, -0.25) is 0 Å². The summed E-state index contributed by atoms with van der Waals surface area (Å²) in [5, 5.41) is 0. The molecule has 0 radical (unpaired) electrons. The van der Waals surface area contributed by atoms with E-state index >= 15 is 0 Å². The first-order valence-corrected chi connectivity index (χ1v) is 8.19. The molecule has 2 N–H and O–H groups in total. The molecule has 0 heterocycles. The summed E-state index contributed by atoms with van der Waals surface area (Å²) in [5.41, 5.74) is 8.40. The third-order valence-corrected chi connectivity index (χ3v) is 3.86. The summed E-state index contributed by atoms with van der Waals surface area (Å²) in [4.78, 5) is 0. The molecule has 0 aliphatic rings. The Morgan fingerprint density at radius 2 is 1.74 bits per heavy atom. The van der Waals surface area contributed by atoms with Crippen molar-refractivity contribution in [1.29, 1.82) is 0 Å². The fourth-order valence-electron chi connectivity index (χ4n) is 2.65. The van der Waals surface area contributed by atoms with Gasteiger partial charge in [0, 0.05) is 5.92 Å². The van der Waals surface area contributed by atoms with Gasteiger partial charge in [-0.25, -0.2) is 0 Å². The molecule has 0 aliphatic heterocycles. The Hall–Kier alpha value is -2.00. The Kier molecular flexibility index (Phi) is 6.48. The molecular formula is C20H27NO2. The van der Waals surface area contributed by atoms with Gasteiger partial charge in [0.15, 0.2) is 11.5 Å². The maximum absolute atomic E-state index is 6.01. The fraction of sp³-hybridized carbons (Fsp3) is 0.400. The maximum Gasteiger partial charge on any atom is 0.163 e. The lowest BCUT2D eigenvalue weighted by Gasteiger charge is -2.19. The van der Waals surface area contributed by atoms with Gasteiger partial charge in [-0.05, 0) is 36.1 Å². The van der Waals surface area contributed by atoms with Crippen LogP contribution in [0, 0.1) is 5.92 Å². The summed E-state index contributed by atoms with van der Waals surface area (Å²) in [7, 11) is 1.70. The van der Waals surface area contributed by atoms with E-state index in [0.29, 0.717) is 19.1 Å². The molecule has 2 aromatic rings. The number of rotatable bonds is 8. The molecule has 3 nitrogen and oxygen atoms in total. The quantitative estimate of drug-likeness (QED) is 0.800. The topological polar surface area (TPSA) is 44.5 Å². The Labute approximate surface area is 139 Å². The molecule has 0 aliphatic carbocycles. The second-order valence-corrected chi connectivity index (χ2v) is 6.20. The minimum absolute atomic E-state index is 0.269. The highest BCUT2D eigenvalue weighted by atomic mass is 16.5. The predicted octanol–water partition coefficient (Wildman–Crippen LogP) is 4.02. The van der Waals surface area contributed by atoms with E-state index in [0.717, 1.165) is 23.5 Å². The van der Waals surface area contributed by atoms with Crippen LogP contribution in [-0.4, -0.2) is 20.3 Å². The number of methoxy groups -OCH3 is 1. The first-order chi connectivity index (χ1) is 11.2. The molecule has 23 heavy (non-hydrogen) atoms. The van der Waals surface area contributed by atoms with Crippen molar-refractivity contribution in [1.82, 2.24) is 0 Å². The van der Waals surface area contributed by atoms with Crippen molar-refractivity contribution in [2.45, 2.75) is 26.2 Å². The minimum atomic E-state index is 0.269. The van der Waals surface area contributed by atoms with Crippen molar-refractivity contribution in [2.24, 2.45) is 11.7 Å². The monoisotopic (exact) mass is 313 g/mol. The van der Waals surface area contributed by atoms with Crippen molar-refractivity contribution in [2.75, 3.05) is 20.3 Å². The number of ether oxygens (including phenoxy) is 2. The fourth-order valence-corrected chi connectivity index (χ4v) is 2.65. The molecule has 0 aromatic heterocycles. The van der Waals surface area contributed by atoms with Crippen LogP contribution in [0.3, 0.4) is 0 Å². The zero-order valence-corrected chi connectivity index (χ0v) is 14.3. The zero-order valence-electron chi connectivity index (χ0n) is 14.3. The van der Waals surface area contributed by atoms with E-state index in [9.17, 15) is 0 Å². The first kappa shape index (κ1) is 17.4. The average Bonchev–Trinajstić information content (AvgIpc) is 2.58. The largest absolute Gasteiger partial charge is 0.493 e. The van der Waals surface area contributed by atoms with E-state index in [1.165, 1.54) is 5.56 Å². The van der Waals surface area contributed by atoms with Crippen LogP contribution in [0.15, 0.2) is 48.5 Å². The van der Waals surface area contributed by atoms with E-state index in [-0.39, 0.29) is 5.92 Å². The lowest BCUT2D eigenvalue weighted by molar-refractivity contribution is 0.256. The molecule has 0 fully saturated rings. The molecule has 3 heteroatoms. The van der Waals surface area contributed by atoms with Gasteiger partial charge in [0.1, 0.15) is 0 Å². The Bertz CT molecular complexity index is 596. The minimum Gasteiger partial charge on any atom is -0.493 e. The first-order valence-electron chi connectivity index (χ1n) is 8.19. The van der Waals surface area contributed by atoms with E-state index in [1.807, 2.05) is 18.2 Å². The van der Waals surface area contributed by atoms with Gasteiger partial charge in [-0.1, -0.05) is 56.3 Å². The highest BCUT2D eigenvalue weighted by molar-refractivity contribution is 5.47. The molecule has 124 valence electrons. The number of benzene rings is 2. The third kappa shape index (κ3) is 4.73. The summed E-state index contributed by atoms with van der Waals surface area (Å²) in [5.74, 6) is 2.37. The number of hydrogen-bond donors (Lipinski definition) is 1. The third-order valence-electron chi connectivity index (χ3n) is 3.86. The molecule has 0 spiro atoms. The van der Waals surface area contributed by atoms with Gasteiger partial charge in [0.2, 0.25) is 0 Å². The molecule has 0 bridgehead atoms. The van der Waals surface area contributed by atoms with Crippen LogP contribution < -0.4 is 15.2 Å². The van der Waals surface area contributed by atoms with E-state index in [2.05, 4.69) is 44.2 Å². The molecule has 2 rings (SSSR count). The summed E-state index contributed by atoms with van der Waals surface area (Å²) >= 11 is 0. The van der Waals surface area contributed by atoms with Gasteiger partial charge in [0.25, 0.3) is 0 Å². The van der Waals surface area contributed by atoms with Crippen LogP contribution >= 0.6 is 0 Å².